The highest BCUT2D eigenvalue weighted by Gasteiger charge is 2.37. The second-order valence-electron chi connectivity index (χ2n) is 36.6. The van der Waals surface area contributed by atoms with Gasteiger partial charge in [-0.3, -0.25) is 0 Å². The minimum Gasteiger partial charge on any atom is -0.456 e. The lowest BCUT2D eigenvalue weighted by Gasteiger charge is -2.21. The lowest BCUT2D eigenvalue weighted by molar-refractivity contribution is 0.660. The zero-order valence-corrected chi connectivity index (χ0v) is 80.0. The van der Waals surface area contributed by atoms with E-state index in [0.717, 1.165) is 11.2 Å². The summed E-state index contributed by atoms with van der Waals surface area (Å²) in [7, 11) is 0. The number of furan rings is 1. The summed E-state index contributed by atoms with van der Waals surface area (Å²) < 4.78 is 13.9. The van der Waals surface area contributed by atoms with E-state index >= 15 is 0 Å². The first-order chi connectivity index (χ1) is 67.8. The van der Waals surface area contributed by atoms with Gasteiger partial charge in [-0.15, -0.1) is 22.7 Å². The van der Waals surface area contributed by atoms with Crippen LogP contribution in [0.1, 0.15) is 52.8 Å². The largest absolute Gasteiger partial charge is 0.456 e. The molecule has 0 spiro atoms. The zero-order valence-electron chi connectivity index (χ0n) is 78.4. The van der Waals surface area contributed by atoms with Crippen LogP contribution in [0.25, 0.3) is 212 Å². The van der Waals surface area contributed by atoms with Crippen LogP contribution in [0, 0.1) is 34.6 Å². The predicted octanol–water partition coefficient (Wildman–Crippen LogP) is 38.7. The quantitative estimate of drug-likeness (QED) is 0.126. The third-order valence-corrected chi connectivity index (χ3v) is 30.1. The Bertz CT molecular complexity index is 8610. The van der Waals surface area contributed by atoms with Crippen molar-refractivity contribution in [1.82, 2.24) is 4.57 Å². The molecular weight excluding hydrogens is 1700 g/mol. The van der Waals surface area contributed by atoms with Crippen LogP contribution in [-0.2, 0) is 5.41 Å². The number of fused-ring (bicyclic) bond motifs is 15. The number of aryl methyl sites for hydroxylation is 5. The van der Waals surface area contributed by atoms with E-state index in [9.17, 15) is 0 Å². The highest BCUT2D eigenvalue weighted by Crippen LogP contribution is 2.54. The van der Waals surface area contributed by atoms with Gasteiger partial charge in [-0.1, -0.05) is 414 Å². The maximum Gasteiger partial charge on any atom is 0.136 e. The second kappa shape index (κ2) is 37.8. The van der Waals surface area contributed by atoms with Crippen LogP contribution in [-0.4, -0.2) is 4.57 Å². The van der Waals surface area contributed by atoms with Gasteiger partial charge >= 0.3 is 0 Å². The minimum atomic E-state index is 0.0346. The second-order valence-corrected chi connectivity index (χ2v) is 38.7. The molecule has 4 heteroatoms. The van der Waals surface area contributed by atoms with Crippen LogP contribution in [0.4, 0.5) is 0 Å². The number of nitrogens with zero attached hydrogens (tertiary/aromatic N) is 1. The highest BCUT2D eigenvalue weighted by molar-refractivity contribution is 7.26. The van der Waals surface area contributed by atoms with Crippen LogP contribution in [0.5, 0.6) is 0 Å². The molecule has 660 valence electrons. The maximum absolute atomic E-state index is 6.07. The van der Waals surface area contributed by atoms with E-state index in [1.54, 1.807) is 0 Å². The molecule has 0 N–H and O–H groups in total. The lowest BCUT2D eigenvalue weighted by Crippen LogP contribution is -2.14. The van der Waals surface area contributed by atoms with Gasteiger partial charge in [-0.2, -0.15) is 0 Å². The molecule has 0 atom stereocenters. The molecule has 0 unspecified atom stereocenters. The average molecular weight is 1810 g/mol. The molecule has 0 aliphatic heterocycles. The van der Waals surface area contributed by atoms with Gasteiger partial charge in [0, 0.05) is 73.0 Å². The van der Waals surface area contributed by atoms with Crippen molar-refractivity contribution in [3.63, 3.8) is 0 Å². The van der Waals surface area contributed by atoms with Crippen LogP contribution >= 0.6 is 22.7 Å². The van der Waals surface area contributed by atoms with Crippen LogP contribution in [0.3, 0.4) is 0 Å². The molecule has 25 aromatic rings. The van der Waals surface area contributed by atoms with Gasteiger partial charge in [0.05, 0.1) is 11.0 Å². The van der Waals surface area contributed by atoms with Gasteiger partial charge in [-0.25, -0.2) is 0 Å². The summed E-state index contributed by atoms with van der Waals surface area (Å²) in [5.41, 5.74) is 43.2. The summed E-state index contributed by atoms with van der Waals surface area (Å²) in [4.78, 5) is 0. The van der Waals surface area contributed by atoms with Crippen molar-refractivity contribution >= 4 is 107 Å². The molecule has 0 amide bonds. The Balaban J connectivity index is 0.0000000998. The fourth-order valence-electron chi connectivity index (χ4n) is 20.6. The van der Waals surface area contributed by atoms with Gasteiger partial charge in [0.25, 0.3) is 0 Å². The summed E-state index contributed by atoms with van der Waals surface area (Å²) in [5, 5.41) is 10.4. The molecule has 4 heterocycles. The van der Waals surface area contributed by atoms with E-state index < -0.39 is 0 Å². The molecule has 26 rings (SSSR count). The normalized spacial score (nSPS) is 11.8. The molecule has 4 aromatic heterocycles. The van der Waals surface area contributed by atoms with Crippen molar-refractivity contribution in [2.24, 2.45) is 0 Å². The van der Waals surface area contributed by atoms with Crippen LogP contribution in [0.2, 0.25) is 0 Å². The average Bonchev–Trinajstić information content (AvgIpc) is 1.56. The van der Waals surface area contributed by atoms with E-state index in [0.29, 0.717) is 0 Å². The fraction of sp³-hybridized carbons (Fsp3) is 0.0597. The van der Waals surface area contributed by atoms with E-state index in [4.69, 9.17) is 4.42 Å². The standard InChI is InChI=1S/C31H23N.C28H24.C25H18O.2C25H18S/c1-22-19-20-24(23-11-4-2-5-12-23)21-28(22)26-16-10-18-30-31(26)27-15-8-9-17-29(27)32(30)25-13-6-3-7-14-25;1-19-16-17-21(20-10-5-4-6-11-20)18-24(19)22-13-9-15-26-27(22)23-12-7-8-14-25(23)28(26,2)3;1-17-14-15-19(18-8-3-2-4-9-18)16-22(17)20-11-7-13-24-25(20)21-10-5-6-12-23(21)26-24;1-17-14-15-19(18-8-3-2-4-9-18)16-23(17)22-12-7-11-21-20-10-5-6-13-24(20)26-25(21)22;1-17-14-15-19(18-8-3-2-4-9-18)16-22(17)20-11-7-13-24-25(20)21-10-5-6-12-23(21)26-24/h2-21H,1H3;4-18H,1-3H3;3*2-16H,1H3. The highest BCUT2D eigenvalue weighted by atomic mass is 32.1. The monoisotopic (exact) mass is 1800 g/mol. The Morgan fingerprint density at radius 3 is 1.07 bits per heavy atom. The van der Waals surface area contributed by atoms with E-state index in [2.05, 4.69) is 526 Å². The number of thiophene rings is 2. The van der Waals surface area contributed by atoms with Crippen molar-refractivity contribution in [2.45, 2.75) is 53.9 Å². The van der Waals surface area contributed by atoms with Crippen molar-refractivity contribution in [2.75, 3.05) is 0 Å². The molecule has 0 fully saturated rings. The molecule has 0 radical (unpaired) electrons. The molecule has 1 aliphatic rings. The summed E-state index contributed by atoms with van der Waals surface area (Å²) >= 11 is 3.77. The lowest BCUT2D eigenvalue weighted by atomic mass is 9.81. The number of aromatic nitrogens is 1. The molecule has 2 nitrogen and oxygen atoms in total. The summed E-state index contributed by atoms with van der Waals surface area (Å²) in [6.45, 7) is 15.7. The first-order valence-corrected chi connectivity index (χ1v) is 49.3. The van der Waals surface area contributed by atoms with Crippen molar-refractivity contribution in [1.29, 1.82) is 0 Å². The van der Waals surface area contributed by atoms with Crippen LogP contribution < -0.4 is 0 Å². The summed E-state index contributed by atoms with van der Waals surface area (Å²) in [6, 6.07) is 174. The Hall–Kier alpha value is -16.3. The summed E-state index contributed by atoms with van der Waals surface area (Å²) in [6.07, 6.45) is 0. The van der Waals surface area contributed by atoms with Gasteiger partial charge in [0.15, 0.2) is 0 Å². The molecular formula is C134H101NOS2. The molecule has 0 saturated heterocycles. The van der Waals surface area contributed by atoms with Gasteiger partial charge in [0.2, 0.25) is 0 Å². The van der Waals surface area contributed by atoms with E-state index in [1.807, 2.05) is 34.8 Å². The summed E-state index contributed by atoms with van der Waals surface area (Å²) in [5.74, 6) is 0. The SMILES string of the molecule is Cc1ccc(-c2ccccc2)cc1-c1cccc2c1-c1ccccc1C2(C)C.Cc1ccc(-c2ccccc2)cc1-c1cccc2c1c1ccccc1n2-c1ccccc1.Cc1ccc(-c2ccccc2)cc1-c1cccc2c1sc1ccccc12.Cc1ccc(-c2ccccc2)cc1-c1cccc2oc3ccccc3c12.Cc1ccc(-c2ccccc2)cc1-c1cccc2sc3ccccc3c12. The smallest absolute Gasteiger partial charge is 0.136 e. The maximum atomic E-state index is 6.07. The molecule has 138 heavy (non-hydrogen) atoms. The first kappa shape index (κ1) is 87.0. The number of hydrogen-bond donors (Lipinski definition) is 0. The Kier molecular flexibility index (Phi) is 23.9. The predicted molar refractivity (Wildman–Crippen MR) is 595 cm³/mol. The third-order valence-electron chi connectivity index (χ3n) is 27.7. The number of para-hydroxylation sites is 3. The Labute approximate surface area is 815 Å². The van der Waals surface area contributed by atoms with Crippen LogP contribution in [0.15, 0.2) is 490 Å². The number of hydrogen-bond acceptors (Lipinski definition) is 3. The molecule has 1 aliphatic carbocycles. The molecule has 0 saturated carbocycles. The third kappa shape index (κ3) is 16.7. The first-order valence-electron chi connectivity index (χ1n) is 47.7. The van der Waals surface area contributed by atoms with E-state index in [-0.39, 0.29) is 5.41 Å². The van der Waals surface area contributed by atoms with Crippen molar-refractivity contribution in [3.8, 4) is 128 Å². The Morgan fingerprint density at radius 1 is 0.203 bits per heavy atom. The minimum absolute atomic E-state index is 0.0346. The van der Waals surface area contributed by atoms with Gasteiger partial charge in [0.1, 0.15) is 11.2 Å². The number of benzene rings is 21. The molecule has 21 aromatic carbocycles. The Morgan fingerprint density at radius 2 is 0.536 bits per heavy atom. The van der Waals surface area contributed by atoms with Crippen molar-refractivity contribution < 1.29 is 4.42 Å². The molecule has 0 bridgehead atoms. The van der Waals surface area contributed by atoms with Gasteiger partial charge < -0.3 is 8.98 Å². The van der Waals surface area contributed by atoms with E-state index in [1.165, 1.54) is 240 Å². The fourth-order valence-corrected chi connectivity index (χ4v) is 23.0. The van der Waals surface area contributed by atoms with Gasteiger partial charge in [-0.05, 0) is 281 Å². The topological polar surface area (TPSA) is 18.1 Å². The number of rotatable bonds is 11. The van der Waals surface area contributed by atoms with Crippen molar-refractivity contribution in [3.05, 3.63) is 524 Å². The zero-order chi connectivity index (χ0) is 93.3.